The highest BCUT2D eigenvalue weighted by Crippen LogP contribution is 2.77. The second-order valence-electron chi connectivity index (χ2n) is 22.8. The normalized spacial score (nSPS) is 56.0. The lowest BCUT2D eigenvalue weighted by Gasteiger charge is -2.71. The van der Waals surface area contributed by atoms with Gasteiger partial charge in [-0.3, -0.25) is 0 Å². The molecule has 4 aliphatic heterocycles. The summed E-state index contributed by atoms with van der Waals surface area (Å²) in [6, 6.07) is 0. The molecule has 0 spiro atoms. The van der Waals surface area contributed by atoms with E-state index in [9.17, 15) is 51.1 Å². The number of hydrogen-bond acceptors (Lipinski definition) is 17. The summed E-state index contributed by atoms with van der Waals surface area (Å²) in [5.74, 6) is 0.579. The number of aliphatic hydroxyl groups excluding tert-OH is 10. The number of fused-ring (bicyclic) bond motifs is 4. The number of hydrogen-bond donors (Lipinski definition) is 10. The molecule has 0 amide bonds. The molecule has 25 atom stereocenters. The van der Waals surface area contributed by atoms with Crippen molar-refractivity contribution in [2.45, 2.75) is 217 Å². The van der Waals surface area contributed by atoms with Crippen LogP contribution in [0.15, 0.2) is 11.6 Å². The highest BCUT2D eigenvalue weighted by atomic mass is 16.7. The van der Waals surface area contributed by atoms with Gasteiger partial charge >= 0.3 is 0 Å². The van der Waals surface area contributed by atoms with E-state index < -0.39 is 98.2 Å². The summed E-state index contributed by atoms with van der Waals surface area (Å²) in [4.78, 5) is 0. The fourth-order valence-corrected chi connectivity index (χ4v) is 15.1. The van der Waals surface area contributed by atoms with Gasteiger partial charge in [0.2, 0.25) is 0 Å². The van der Waals surface area contributed by atoms with Crippen molar-refractivity contribution in [3.05, 3.63) is 11.6 Å². The quantitative estimate of drug-likeness (QED) is 0.112. The Balaban J connectivity index is 1.04. The van der Waals surface area contributed by atoms with E-state index in [1.54, 1.807) is 0 Å². The summed E-state index contributed by atoms with van der Waals surface area (Å²) in [6.07, 6.45) is -11.9. The lowest BCUT2D eigenvalue weighted by atomic mass is 9.35. The van der Waals surface area contributed by atoms with Crippen LogP contribution in [0.2, 0.25) is 0 Å². The van der Waals surface area contributed by atoms with Crippen LogP contribution in [0, 0.1) is 45.3 Å². The summed E-state index contributed by atoms with van der Waals surface area (Å²) >= 11 is 0. The molecule has 25 unspecified atom stereocenters. The third-order valence-electron chi connectivity index (χ3n) is 18.6. The average Bonchev–Trinajstić information content (AvgIpc) is 3.56. The van der Waals surface area contributed by atoms with Gasteiger partial charge in [0.05, 0.1) is 43.7 Å². The molecule has 10 N–H and O–H groups in total. The van der Waals surface area contributed by atoms with Gasteiger partial charge in [0.25, 0.3) is 0 Å². The van der Waals surface area contributed by atoms with E-state index in [0.29, 0.717) is 12.8 Å². The van der Waals surface area contributed by atoms with Crippen LogP contribution in [0.1, 0.15) is 107 Å². The first-order valence-electron chi connectivity index (χ1n) is 23.8. The van der Waals surface area contributed by atoms with Crippen molar-refractivity contribution in [3.63, 3.8) is 0 Å². The van der Waals surface area contributed by atoms with Crippen molar-refractivity contribution in [2.75, 3.05) is 19.8 Å². The third-order valence-corrected chi connectivity index (χ3v) is 18.6. The summed E-state index contributed by atoms with van der Waals surface area (Å²) in [5, 5.41) is 106. The van der Waals surface area contributed by atoms with Gasteiger partial charge in [-0.2, -0.15) is 0 Å². The SMILES string of the molecule is CC(C)=CC1CC(C)(OC2OC(COC3OCC(O)C(O)C3O)C(O)C(O)C2O)C2CCC3(C)C2C(CC2C4(C)CCC(OC5OC(CO)C(O)C(O)C5O)C(C)(C)C4CCC23C)O1. The Morgan fingerprint density at radius 1 is 0.656 bits per heavy atom. The molecule has 0 radical (unpaired) electrons. The minimum absolute atomic E-state index is 0.0197. The molecule has 4 aliphatic carbocycles. The molecule has 8 fully saturated rings. The van der Waals surface area contributed by atoms with E-state index in [0.717, 1.165) is 44.1 Å². The number of ether oxygens (including phenoxy) is 7. The molecule has 8 rings (SSSR count). The summed E-state index contributed by atoms with van der Waals surface area (Å²) < 4.78 is 44.1. The van der Waals surface area contributed by atoms with Crippen LogP contribution in [0.5, 0.6) is 0 Å². The Bertz CT molecular complexity index is 1680. The van der Waals surface area contributed by atoms with Crippen molar-refractivity contribution >= 4 is 0 Å². The van der Waals surface area contributed by atoms with Crippen LogP contribution < -0.4 is 0 Å². The van der Waals surface area contributed by atoms with E-state index in [2.05, 4.69) is 47.6 Å². The number of allylic oxidation sites excluding steroid dienone is 1. The Labute approximate surface area is 377 Å². The van der Waals surface area contributed by atoms with Crippen molar-refractivity contribution in [1.29, 1.82) is 0 Å². The van der Waals surface area contributed by atoms with Gasteiger partial charge in [-0.1, -0.05) is 46.3 Å². The molecule has 17 nitrogen and oxygen atoms in total. The topological polar surface area (TPSA) is 267 Å². The van der Waals surface area contributed by atoms with Gasteiger partial charge in [-0.15, -0.1) is 0 Å². The Morgan fingerprint density at radius 3 is 1.95 bits per heavy atom. The van der Waals surface area contributed by atoms with Crippen LogP contribution in [-0.4, -0.2) is 181 Å². The Morgan fingerprint density at radius 2 is 1.28 bits per heavy atom. The fraction of sp³-hybridized carbons (Fsp3) is 0.957. The van der Waals surface area contributed by atoms with Gasteiger partial charge in [0, 0.05) is 6.42 Å². The third kappa shape index (κ3) is 7.99. The lowest BCUT2D eigenvalue weighted by molar-refractivity contribution is -0.344. The smallest absolute Gasteiger partial charge is 0.187 e. The van der Waals surface area contributed by atoms with E-state index >= 15 is 0 Å². The van der Waals surface area contributed by atoms with E-state index in [1.807, 2.05) is 13.8 Å². The number of aliphatic hydroxyl groups is 10. The molecule has 0 aromatic carbocycles. The standard InChI is InChI=1S/C47H78O17/c1-21(2)15-22-17-47(8,64-42-39(57)36(54)34(52)27(62-42)20-59-40-37(55)32(50)24(49)19-58-40)23-9-13-46(7)31(23)25(60-22)16-29-44(5)12-11-30(43(3,4)28(44)10-14-45(29,46)6)63-41-38(56)35(53)33(51)26(18-48)61-41/h15,22-42,48-57H,9-14,16-20H2,1-8H3. The van der Waals surface area contributed by atoms with Crippen LogP contribution in [-0.2, 0) is 33.2 Å². The van der Waals surface area contributed by atoms with Crippen LogP contribution in [0.25, 0.3) is 0 Å². The first kappa shape index (κ1) is 49.5. The average molecular weight is 915 g/mol. The predicted molar refractivity (Wildman–Crippen MR) is 226 cm³/mol. The first-order chi connectivity index (χ1) is 29.9. The maximum atomic E-state index is 11.4. The molecule has 4 heterocycles. The second-order valence-corrected chi connectivity index (χ2v) is 22.8. The van der Waals surface area contributed by atoms with Crippen LogP contribution >= 0.6 is 0 Å². The zero-order valence-electron chi connectivity index (χ0n) is 38.8. The molecular formula is C47H78O17. The second kappa shape index (κ2) is 17.8. The molecule has 17 heteroatoms. The maximum absolute atomic E-state index is 11.4. The van der Waals surface area contributed by atoms with Gasteiger partial charge in [0.1, 0.15) is 67.1 Å². The number of rotatable bonds is 9. The van der Waals surface area contributed by atoms with Crippen molar-refractivity contribution in [3.8, 4) is 0 Å². The Kier molecular flexibility index (Phi) is 13.8. The molecule has 4 saturated heterocycles. The Hall–Kier alpha value is -0.940. The van der Waals surface area contributed by atoms with Gasteiger partial charge in [-0.05, 0) is 111 Å². The summed E-state index contributed by atoms with van der Waals surface area (Å²) in [6.45, 7) is 16.8. The van der Waals surface area contributed by atoms with Gasteiger partial charge in [-0.25, -0.2) is 0 Å². The molecular weight excluding hydrogens is 836 g/mol. The van der Waals surface area contributed by atoms with E-state index in [1.165, 1.54) is 0 Å². The highest BCUT2D eigenvalue weighted by Gasteiger charge is 2.73. The molecule has 8 aliphatic rings. The predicted octanol–water partition coefficient (Wildman–Crippen LogP) is 0.629. The minimum Gasteiger partial charge on any atom is -0.394 e. The highest BCUT2D eigenvalue weighted by molar-refractivity contribution is 5.22. The van der Waals surface area contributed by atoms with Gasteiger partial charge in [0.15, 0.2) is 18.9 Å². The van der Waals surface area contributed by atoms with Crippen LogP contribution in [0.4, 0.5) is 0 Å². The largest absolute Gasteiger partial charge is 0.394 e. The first-order valence-corrected chi connectivity index (χ1v) is 23.8. The lowest BCUT2D eigenvalue weighted by Crippen LogP contribution is -2.67. The maximum Gasteiger partial charge on any atom is 0.187 e. The van der Waals surface area contributed by atoms with Crippen molar-refractivity contribution < 1.29 is 84.2 Å². The molecule has 368 valence electrons. The van der Waals surface area contributed by atoms with E-state index in [4.69, 9.17) is 33.2 Å². The summed E-state index contributed by atoms with van der Waals surface area (Å²) in [7, 11) is 0. The van der Waals surface area contributed by atoms with E-state index in [-0.39, 0.29) is 76.9 Å². The van der Waals surface area contributed by atoms with Crippen LogP contribution in [0.3, 0.4) is 0 Å². The molecule has 4 saturated carbocycles. The monoisotopic (exact) mass is 915 g/mol. The molecule has 0 bridgehead atoms. The minimum atomic E-state index is -1.65. The molecule has 64 heavy (non-hydrogen) atoms. The van der Waals surface area contributed by atoms with Crippen molar-refractivity contribution in [2.24, 2.45) is 45.3 Å². The summed E-state index contributed by atoms with van der Waals surface area (Å²) in [5.41, 5.74) is -0.560. The fourth-order valence-electron chi connectivity index (χ4n) is 15.1. The zero-order valence-corrected chi connectivity index (χ0v) is 38.8. The molecule has 0 aromatic rings. The zero-order chi connectivity index (χ0) is 46.6. The molecule has 0 aromatic heterocycles. The van der Waals surface area contributed by atoms with Gasteiger partial charge < -0.3 is 84.2 Å². The van der Waals surface area contributed by atoms with Crippen molar-refractivity contribution in [1.82, 2.24) is 0 Å².